The lowest BCUT2D eigenvalue weighted by molar-refractivity contribution is 1.01. The summed E-state index contributed by atoms with van der Waals surface area (Å²) in [6.45, 7) is 1.91. The van der Waals surface area contributed by atoms with Gasteiger partial charge in [0.15, 0.2) is 5.43 Å². The number of nitrogens with zero attached hydrogens (tertiary/aromatic N) is 1. The minimum atomic E-state index is 0.0515. The van der Waals surface area contributed by atoms with Gasteiger partial charge in [0.25, 0.3) is 0 Å². The third kappa shape index (κ3) is 3.30. The predicted molar refractivity (Wildman–Crippen MR) is 119 cm³/mol. The van der Waals surface area contributed by atoms with E-state index in [0.29, 0.717) is 0 Å². The van der Waals surface area contributed by atoms with Crippen LogP contribution in [-0.2, 0) is 0 Å². The Labute approximate surface area is 169 Å². The fraction of sp³-hybridized carbons (Fsp3) is 0.0800. The molecule has 0 unspecified atom stereocenters. The molecule has 3 heteroatoms. The van der Waals surface area contributed by atoms with Gasteiger partial charge in [0, 0.05) is 16.5 Å². The maximum atomic E-state index is 12.9. The first kappa shape index (κ1) is 18.3. The van der Waals surface area contributed by atoms with E-state index >= 15 is 0 Å². The number of hydrogen-bond donors (Lipinski definition) is 0. The Morgan fingerprint density at radius 3 is 1.96 bits per heavy atom. The van der Waals surface area contributed by atoms with Gasteiger partial charge in [-0.25, -0.2) is 0 Å². The molecule has 0 aliphatic carbocycles. The van der Waals surface area contributed by atoms with Crippen molar-refractivity contribution in [3.05, 3.63) is 107 Å². The second-order valence-corrected chi connectivity index (χ2v) is 7.45. The number of rotatable bonds is 4. The van der Waals surface area contributed by atoms with Crippen LogP contribution in [0.3, 0.4) is 0 Å². The standard InChI is InChI=1S/C25H21NOS/c1-18-23(27)17-22(19-11-5-3-6-12-19)26(21-15-9-10-16-24(21)28-2)25(18)20-13-7-4-8-14-20/h3-17H,1-2H3. The van der Waals surface area contributed by atoms with Crippen LogP contribution in [0.2, 0.25) is 0 Å². The molecule has 0 saturated heterocycles. The Hall–Kier alpha value is -3.04. The summed E-state index contributed by atoms with van der Waals surface area (Å²) >= 11 is 1.71. The number of pyridine rings is 1. The average Bonchev–Trinajstić information content (AvgIpc) is 2.76. The fourth-order valence-corrected chi connectivity index (χ4v) is 4.11. The highest BCUT2D eigenvalue weighted by molar-refractivity contribution is 7.98. The lowest BCUT2D eigenvalue weighted by Gasteiger charge is -2.23. The molecule has 28 heavy (non-hydrogen) atoms. The Balaban J connectivity index is 2.17. The van der Waals surface area contributed by atoms with Crippen molar-refractivity contribution in [1.82, 2.24) is 4.57 Å². The molecule has 4 aromatic rings. The molecule has 0 N–H and O–H groups in total. The van der Waals surface area contributed by atoms with E-state index in [0.717, 1.165) is 33.8 Å². The van der Waals surface area contributed by atoms with Gasteiger partial charge in [0.1, 0.15) is 0 Å². The maximum absolute atomic E-state index is 12.9. The van der Waals surface area contributed by atoms with E-state index in [2.05, 4.69) is 53.3 Å². The summed E-state index contributed by atoms with van der Waals surface area (Å²) in [5.41, 5.74) is 5.77. The van der Waals surface area contributed by atoms with E-state index in [-0.39, 0.29) is 5.43 Å². The van der Waals surface area contributed by atoms with Crippen molar-refractivity contribution in [3.63, 3.8) is 0 Å². The van der Waals surface area contributed by atoms with Crippen molar-refractivity contribution in [2.24, 2.45) is 0 Å². The molecule has 0 aliphatic rings. The van der Waals surface area contributed by atoms with E-state index < -0.39 is 0 Å². The lowest BCUT2D eigenvalue weighted by atomic mass is 10.0. The van der Waals surface area contributed by atoms with Crippen LogP contribution in [0.5, 0.6) is 0 Å². The first-order valence-corrected chi connectivity index (χ1v) is 10.4. The quantitative estimate of drug-likeness (QED) is 0.391. The first-order valence-electron chi connectivity index (χ1n) is 9.21. The van der Waals surface area contributed by atoms with Gasteiger partial charge in [-0.1, -0.05) is 72.8 Å². The van der Waals surface area contributed by atoms with Gasteiger partial charge >= 0.3 is 0 Å². The molecule has 0 atom stereocenters. The third-order valence-corrected chi connectivity index (χ3v) is 5.69. The number of hydrogen-bond acceptors (Lipinski definition) is 2. The molecule has 4 rings (SSSR count). The van der Waals surface area contributed by atoms with Crippen LogP contribution < -0.4 is 5.43 Å². The van der Waals surface area contributed by atoms with E-state index in [1.54, 1.807) is 17.8 Å². The van der Waals surface area contributed by atoms with Crippen LogP contribution in [0.15, 0.2) is 101 Å². The van der Waals surface area contributed by atoms with Gasteiger partial charge in [0.2, 0.25) is 0 Å². The van der Waals surface area contributed by atoms with Gasteiger partial charge in [0.05, 0.1) is 17.1 Å². The smallest absolute Gasteiger partial charge is 0.185 e. The summed E-state index contributed by atoms with van der Waals surface area (Å²) in [7, 11) is 0. The molecule has 1 heterocycles. The van der Waals surface area contributed by atoms with Gasteiger partial charge in [-0.2, -0.15) is 0 Å². The molecule has 0 spiro atoms. The highest BCUT2D eigenvalue weighted by Gasteiger charge is 2.18. The van der Waals surface area contributed by atoms with Crippen molar-refractivity contribution in [2.75, 3.05) is 6.26 Å². The van der Waals surface area contributed by atoms with Gasteiger partial charge in [-0.3, -0.25) is 4.79 Å². The molecule has 0 bridgehead atoms. The SMILES string of the molecule is CSc1ccccc1-n1c(-c2ccccc2)cc(=O)c(C)c1-c1ccccc1. The van der Waals surface area contributed by atoms with E-state index in [9.17, 15) is 4.79 Å². The largest absolute Gasteiger partial charge is 0.308 e. The summed E-state index contributed by atoms with van der Waals surface area (Å²) in [5.74, 6) is 0. The predicted octanol–water partition coefficient (Wildman–Crippen LogP) is 6.20. The molecular weight excluding hydrogens is 362 g/mol. The minimum Gasteiger partial charge on any atom is -0.308 e. The normalized spacial score (nSPS) is 10.8. The van der Waals surface area contributed by atoms with Crippen LogP contribution in [-0.4, -0.2) is 10.8 Å². The van der Waals surface area contributed by atoms with E-state index in [1.807, 2.05) is 49.4 Å². The Morgan fingerprint density at radius 2 is 1.32 bits per heavy atom. The molecule has 0 radical (unpaired) electrons. The second-order valence-electron chi connectivity index (χ2n) is 6.61. The van der Waals surface area contributed by atoms with Crippen LogP contribution in [0, 0.1) is 6.92 Å². The summed E-state index contributed by atoms with van der Waals surface area (Å²) in [4.78, 5) is 14.1. The molecule has 3 aromatic carbocycles. The number of thioether (sulfide) groups is 1. The molecule has 2 nitrogen and oxygen atoms in total. The van der Waals surface area contributed by atoms with Gasteiger partial charge in [-0.15, -0.1) is 11.8 Å². The lowest BCUT2D eigenvalue weighted by Crippen LogP contribution is -2.16. The highest BCUT2D eigenvalue weighted by Crippen LogP contribution is 2.34. The molecule has 0 saturated carbocycles. The third-order valence-electron chi connectivity index (χ3n) is 4.90. The Morgan fingerprint density at radius 1 is 0.750 bits per heavy atom. The Kier molecular flexibility index (Phi) is 5.18. The Bertz CT molecular complexity index is 1160. The van der Waals surface area contributed by atoms with Crippen molar-refractivity contribution in [2.45, 2.75) is 11.8 Å². The van der Waals surface area contributed by atoms with Crippen LogP contribution in [0.25, 0.3) is 28.2 Å². The molecule has 138 valence electrons. The average molecular weight is 384 g/mol. The molecule has 0 aliphatic heterocycles. The van der Waals surface area contributed by atoms with Crippen molar-refractivity contribution >= 4 is 11.8 Å². The summed E-state index contributed by atoms with van der Waals surface area (Å²) < 4.78 is 2.23. The summed E-state index contributed by atoms with van der Waals surface area (Å²) in [5, 5.41) is 0. The van der Waals surface area contributed by atoms with Crippen molar-refractivity contribution in [3.8, 4) is 28.2 Å². The molecule has 0 fully saturated rings. The molecule has 0 amide bonds. The number of aromatic nitrogens is 1. The topological polar surface area (TPSA) is 22.0 Å². The zero-order chi connectivity index (χ0) is 19.5. The fourth-order valence-electron chi connectivity index (χ4n) is 3.53. The van der Waals surface area contributed by atoms with Crippen LogP contribution >= 0.6 is 11.8 Å². The first-order chi connectivity index (χ1) is 13.7. The number of para-hydroxylation sites is 1. The molecule has 1 aromatic heterocycles. The van der Waals surface area contributed by atoms with Gasteiger partial charge < -0.3 is 4.57 Å². The van der Waals surface area contributed by atoms with E-state index in [1.165, 1.54) is 4.90 Å². The monoisotopic (exact) mass is 383 g/mol. The number of benzene rings is 3. The summed E-state index contributed by atoms with van der Waals surface area (Å²) in [6.07, 6.45) is 2.08. The van der Waals surface area contributed by atoms with Crippen molar-refractivity contribution < 1.29 is 0 Å². The zero-order valence-corrected chi connectivity index (χ0v) is 16.7. The van der Waals surface area contributed by atoms with Crippen LogP contribution in [0.1, 0.15) is 5.56 Å². The summed E-state index contributed by atoms with van der Waals surface area (Å²) in [6, 6.07) is 30.4. The van der Waals surface area contributed by atoms with E-state index in [4.69, 9.17) is 0 Å². The molecular formula is C25H21NOS. The second kappa shape index (κ2) is 7.91. The zero-order valence-electron chi connectivity index (χ0n) is 15.9. The highest BCUT2D eigenvalue weighted by atomic mass is 32.2. The maximum Gasteiger partial charge on any atom is 0.185 e. The van der Waals surface area contributed by atoms with Crippen molar-refractivity contribution in [1.29, 1.82) is 0 Å². The minimum absolute atomic E-state index is 0.0515. The van der Waals surface area contributed by atoms with Crippen LogP contribution in [0.4, 0.5) is 0 Å². The van der Waals surface area contributed by atoms with Gasteiger partial charge in [-0.05, 0) is 36.4 Å².